The molecule has 3 heteroatoms. The first-order valence-electron chi connectivity index (χ1n) is 5.81. The molecule has 0 saturated heterocycles. The molecule has 1 aromatic rings. The maximum atomic E-state index is 5.84. The summed E-state index contributed by atoms with van der Waals surface area (Å²) in [5, 5.41) is 4.30. The number of benzene rings is 1. The molecule has 0 aliphatic carbocycles. The average Bonchev–Trinajstić information content (AvgIpc) is 2.30. The Balaban J connectivity index is 2.26. The van der Waals surface area contributed by atoms with Gasteiger partial charge in [-0.2, -0.15) is 11.8 Å². The van der Waals surface area contributed by atoms with E-state index in [9.17, 15) is 0 Å². The zero-order valence-corrected chi connectivity index (χ0v) is 11.6. The van der Waals surface area contributed by atoms with Gasteiger partial charge in [-0.05, 0) is 30.7 Å². The first kappa shape index (κ1) is 13.9. The van der Waals surface area contributed by atoms with E-state index in [-0.39, 0.29) is 0 Å². The highest BCUT2D eigenvalue weighted by Crippen LogP contribution is 2.16. The van der Waals surface area contributed by atoms with Gasteiger partial charge < -0.3 is 5.32 Å². The fraction of sp³-hybridized carbons (Fsp3) is 0.538. The zero-order chi connectivity index (χ0) is 11.8. The number of rotatable bonds is 7. The summed E-state index contributed by atoms with van der Waals surface area (Å²) in [5.74, 6) is 2.24. The van der Waals surface area contributed by atoms with E-state index in [0.29, 0.717) is 6.04 Å². The van der Waals surface area contributed by atoms with Gasteiger partial charge in [0, 0.05) is 22.6 Å². The molecular formula is C13H20ClNS. The maximum Gasteiger partial charge on any atom is 0.0406 e. The molecule has 0 saturated carbocycles. The minimum atomic E-state index is 0.641. The van der Waals surface area contributed by atoms with E-state index in [0.717, 1.165) is 17.3 Å². The number of hydrogen-bond donors (Lipinski definition) is 1. The second-order valence-electron chi connectivity index (χ2n) is 3.80. The van der Waals surface area contributed by atoms with Gasteiger partial charge in [0.2, 0.25) is 0 Å². The summed E-state index contributed by atoms with van der Waals surface area (Å²) in [7, 11) is 0. The predicted molar refractivity (Wildman–Crippen MR) is 75.4 cm³/mol. The van der Waals surface area contributed by atoms with Gasteiger partial charge in [0.1, 0.15) is 0 Å². The zero-order valence-electron chi connectivity index (χ0n) is 10.0. The van der Waals surface area contributed by atoms with Crippen LogP contribution >= 0.6 is 23.4 Å². The van der Waals surface area contributed by atoms with Gasteiger partial charge in [0.05, 0.1) is 0 Å². The minimum Gasteiger partial charge on any atom is -0.313 e. The number of nitrogens with one attached hydrogen (secondary N) is 1. The van der Waals surface area contributed by atoms with Crippen molar-refractivity contribution in [1.29, 1.82) is 0 Å². The van der Waals surface area contributed by atoms with Crippen LogP contribution in [0.3, 0.4) is 0 Å². The Morgan fingerprint density at radius 1 is 1.25 bits per heavy atom. The first-order valence-corrected chi connectivity index (χ1v) is 7.35. The second kappa shape index (κ2) is 7.99. The van der Waals surface area contributed by atoms with Gasteiger partial charge in [-0.1, -0.05) is 37.6 Å². The third kappa shape index (κ3) is 5.24. The Bertz CT molecular complexity index is 286. The van der Waals surface area contributed by atoms with Crippen LogP contribution in [0.4, 0.5) is 0 Å². The average molecular weight is 258 g/mol. The van der Waals surface area contributed by atoms with Gasteiger partial charge in [-0.15, -0.1) is 0 Å². The minimum absolute atomic E-state index is 0.641. The van der Waals surface area contributed by atoms with E-state index in [1.807, 2.05) is 23.9 Å². The highest BCUT2D eigenvalue weighted by molar-refractivity contribution is 7.98. The van der Waals surface area contributed by atoms with E-state index < -0.39 is 0 Å². The summed E-state index contributed by atoms with van der Waals surface area (Å²) in [6, 6.07) is 8.76. The van der Waals surface area contributed by atoms with Crippen molar-refractivity contribution in [3.05, 3.63) is 34.9 Å². The lowest BCUT2D eigenvalue weighted by Crippen LogP contribution is -2.30. The van der Waals surface area contributed by atoms with Gasteiger partial charge in [0.15, 0.2) is 0 Å². The second-order valence-corrected chi connectivity index (χ2v) is 5.27. The molecule has 16 heavy (non-hydrogen) atoms. The maximum absolute atomic E-state index is 5.84. The normalized spacial score (nSPS) is 12.7. The van der Waals surface area contributed by atoms with Crippen LogP contribution in [-0.4, -0.2) is 18.3 Å². The Hall–Kier alpha value is -0.180. The van der Waals surface area contributed by atoms with Crippen LogP contribution in [0, 0.1) is 0 Å². The highest BCUT2D eigenvalue weighted by atomic mass is 35.5. The fourth-order valence-electron chi connectivity index (χ4n) is 1.51. The molecule has 1 rings (SSSR count). The molecule has 1 nitrogen and oxygen atoms in total. The van der Waals surface area contributed by atoms with Crippen LogP contribution in [0.15, 0.2) is 24.3 Å². The van der Waals surface area contributed by atoms with Crippen molar-refractivity contribution in [3.63, 3.8) is 0 Å². The van der Waals surface area contributed by atoms with Crippen molar-refractivity contribution in [2.24, 2.45) is 0 Å². The number of halogens is 1. The molecule has 0 amide bonds. The van der Waals surface area contributed by atoms with Gasteiger partial charge >= 0.3 is 0 Å². The molecule has 0 aliphatic rings. The van der Waals surface area contributed by atoms with Crippen molar-refractivity contribution < 1.29 is 0 Å². The fourth-order valence-corrected chi connectivity index (χ4v) is 2.82. The molecule has 1 unspecified atom stereocenters. The van der Waals surface area contributed by atoms with E-state index in [4.69, 9.17) is 11.6 Å². The molecule has 1 atom stereocenters. The molecular weight excluding hydrogens is 238 g/mol. The van der Waals surface area contributed by atoms with Gasteiger partial charge in [-0.25, -0.2) is 0 Å². The quantitative estimate of drug-likeness (QED) is 0.794. The molecule has 0 aliphatic heterocycles. The van der Waals surface area contributed by atoms with Gasteiger partial charge in [0.25, 0.3) is 0 Å². The molecule has 0 spiro atoms. The predicted octanol–water partition coefficient (Wildman–Crippen LogP) is 3.96. The van der Waals surface area contributed by atoms with E-state index in [1.54, 1.807) is 0 Å². The lowest BCUT2D eigenvalue weighted by Gasteiger charge is -2.14. The van der Waals surface area contributed by atoms with Crippen LogP contribution in [0.5, 0.6) is 0 Å². The number of thioether (sulfide) groups is 1. The molecule has 90 valence electrons. The molecule has 0 fully saturated rings. The summed E-state index contributed by atoms with van der Waals surface area (Å²) < 4.78 is 0. The van der Waals surface area contributed by atoms with E-state index in [1.165, 1.54) is 17.7 Å². The first-order chi connectivity index (χ1) is 7.76. The Morgan fingerprint density at radius 3 is 2.50 bits per heavy atom. The summed E-state index contributed by atoms with van der Waals surface area (Å²) in [4.78, 5) is 0. The molecule has 0 heterocycles. The van der Waals surface area contributed by atoms with Crippen LogP contribution < -0.4 is 5.32 Å². The van der Waals surface area contributed by atoms with E-state index in [2.05, 4.69) is 31.3 Å². The molecule has 0 bridgehead atoms. The largest absolute Gasteiger partial charge is 0.313 e. The van der Waals surface area contributed by atoms with Crippen molar-refractivity contribution in [2.75, 3.05) is 12.3 Å². The third-order valence-corrected chi connectivity index (χ3v) is 3.91. The summed E-state index contributed by atoms with van der Waals surface area (Å²) in [6.07, 6.45) is 1.20. The SMILES string of the molecule is CCNC(CC)CSCc1ccc(Cl)cc1. The standard InChI is InChI=1S/C13H20ClNS/c1-3-13(15-4-2)10-16-9-11-5-7-12(14)8-6-11/h5-8,13,15H,3-4,9-10H2,1-2H3. The van der Waals surface area contributed by atoms with Crippen molar-refractivity contribution >= 4 is 23.4 Å². The Labute approximate surface area is 108 Å². The van der Waals surface area contributed by atoms with Gasteiger partial charge in [-0.3, -0.25) is 0 Å². The van der Waals surface area contributed by atoms with Crippen LogP contribution in [-0.2, 0) is 5.75 Å². The Kier molecular flexibility index (Phi) is 6.93. The topological polar surface area (TPSA) is 12.0 Å². The molecule has 0 radical (unpaired) electrons. The van der Waals surface area contributed by atoms with Crippen molar-refractivity contribution in [1.82, 2.24) is 5.32 Å². The summed E-state index contributed by atoms with van der Waals surface area (Å²) in [5.41, 5.74) is 1.35. The van der Waals surface area contributed by atoms with Crippen molar-refractivity contribution in [3.8, 4) is 0 Å². The highest BCUT2D eigenvalue weighted by Gasteiger charge is 2.04. The van der Waals surface area contributed by atoms with Crippen LogP contribution in [0.25, 0.3) is 0 Å². The molecule has 1 N–H and O–H groups in total. The smallest absolute Gasteiger partial charge is 0.0406 e. The van der Waals surface area contributed by atoms with Crippen molar-refractivity contribution in [2.45, 2.75) is 32.1 Å². The van der Waals surface area contributed by atoms with Crippen LogP contribution in [0.2, 0.25) is 5.02 Å². The lowest BCUT2D eigenvalue weighted by molar-refractivity contribution is 0.560. The lowest BCUT2D eigenvalue weighted by atomic mass is 10.2. The summed E-state index contributed by atoms with van der Waals surface area (Å²) in [6.45, 7) is 5.45. The van der Waals surface area contributed by atoms with Crippen LogP contribution in [0.1, 0.15) is 25.8 Å². The number of hydrogen-bond acceptors (Lipinski definition) is 2. The Morgan fingerprint density at radius 2 is 1.94 bits per heavy atom. The third-order valence-electron chi connectivity index (χ3n) is 2.49. The molecule has 1 aromatic carbocycles. The molecule has 0 aromatic heterocycles. The monoisotopic (exact) mass is 257 g/mol. The summed E-state index contributed by atoms with van der Waals surface area (Å²) >= 11 is 7.82. The van der Waals surface area contributed by atoms with E-state index >= 15 is 0 Å².